The number of hydrogen-bond donors (Lipinski definition) is 3. The minimum atomic E-state index is -0.351. The first kappa shape index (κ1) is 22.1. The molecule has 1 amide bonds. The third-order valence-corrected chi connectivity index (χ3v) is 5.19. The first-order chi connectivity index (χ1) is 17.1. The van der Waals surface area contributed by atoms with Crippen LogP contribution in [-0.4, -0.2) is 37.6 Å². The van der Waals surface area contributed by atoms with Crippen LogP contribution in [0.25, 0.3) is 33.2 Å². The molecule has 2 aromatic carbocycles. The smallest absolute Gasteiger partial charge is 0.252 e. The van der Waals surface area contributed by atoms with Gasteiger partial charge in [0.25, 0.3) is 5.91 Å². The van der Waals surface area contributed by atoms with E-state index >= 15 is 0 Å². The molecule has 35 heavy (non-hydrogen) atoms. The minimum absolute atomic E-state index is 0.338. The first-order valence-corrected chi connectivity index (χ1v) is 11.2. The van der Waals surface area contributed by atoms with E-state index in [4.69, 9.17) is 9.26 Å². The van der Waals surface area contributed by atoms with E-state index in [9.17, 15) is 4.79 Å². The number of carbonyl (C=O) groups is 1. The van der Waals surface area contributed by atoms with Gasteiger partial charge in [-0.15, -0.1) is 0 Å². The molecule has 0 aliphatic carbocycles. The molecule has 3 aromatic heterocycles. The zero-order valence-corrected chi connectivity index (χ0v) is 19.2. The van der Waals surface area contributed by atoms with Crippen LogP contribution in [0.4, 0.5) is 11.8 Å². The van der Waals surface area contributed by atoms with Crippen LogP contribution in [0.1, 0.15) is 19.2 Å². The highest BCUT2D eigenvalue weighted by Gasteiger charge is 2.11. The van der Waals surface area contributed by atoms with Gasteiger partial charge in [0.1, 0.15) is 17.1 Å². The molecule has 5 aromatic rings. The molecular weight excluding hydrogens is 446 g/mol. The molecule has 0 saturated carbocycles. The van der Waals surface area contributed by atoms with E-state index in [0.29, 0.717) is 41.4 Å². The maximum Gasteiger partial charge on any atom is 0.252 e. The number of anilines is 2. The molecular formula is C25H23N7O3. The van der Waals surface area contributed by atoms with Crippen LogP contribution in [0, 0.1) is 6.92 Å². The highest BCUT2D eigenvalue weighted by atomic mass is 16.5. The monoisotopic (exact) mass is 469 g/mol. The van der Waals surface area contributed by atoms with Gasteiger partial charge in [-0.3, -0.25) is 10.1 Å². The number of ether oxygens (including phenoxy) is 1. The molecule has 0 spiro atoms. The molecule has 0 fully saturated rings. The highest BCUT2D eigenvalue weighted by Crippen LogP contribution is 2.27. The third-order valence-electron chi connectivity index (χ3n) is 5.19. The van der Waals surface area contributed by atoms with Crippen molar-refractivity contribution in [2.75, 3.05) is 17.2 Å². The number of aryl methyl sites for hydroxylation is 1. The number of rotatable bonds is 8. The van der Waals surface area contributed by atoms with Crippen LogP contribution < -0.4 is 15.4 Å². The van der Waals surface area contributed by atoms with Crippen LogP contribution in [0.2, 0.25) is 0 Å². The van der Waals surface area contributed by atoms with Crippen molar-refractivity contribution < 1.29 is 14.1 Å². The second kappa shape index (κ2) is 9.64. The molecule has 0 atom stereocenters. The number of imidazole rings is 1. The fourth-order valence-corrected chi connectivity index (χ4v) is 3.59. The summed E-state index contributed by atoms with van der Waals surface area (Å²) in [5, 5.41) is 11.6. The normalized spacial score (nSPS) is 11.4. The van der Waals surface area contributed by atoms with Gasteiger partial charge in [-0.05, 0) is 36.1 Å². The Bertz CT molecular complexity index is 1540. The van der Waals surface area contributed by atoms with E-state index in [1.165, 1.54) is 12.3 Å². The fourth-order valence-electron chi connectivity index (χ4n) is 3.59. The van der Waals surface area contributed by atoms with Crippen molar-refractivity contribution in [2.24, 2.45) is 0 Å². The summed E-state index contributed by atoms with van der Waals surface area (Å²) in [6.45, 7) is 4.38. The Balaban J connectivity index is 1.30. The Morgan fingerprint density at radius 1 is 1.20 bits per heavy atom. The quantitative estimate of drug-likeness (QED) is 0.276. The SMILES string of the molecule is CCCOc1cccc2[nH]c(NC(=O)C=CNc3nccc4ccc(-c5noc(C)n5)cc34)nc12. The van der Waals surface area contributed by atoms with Gasteiger partial charge in [-0.1, -0.05) is 30.3 Å². The predicted molar refractivity (Wildman–Crippen MR) is 133 cm³/mol. The summed E-state index contributed by atoms with van der Waals surface area (Å²) in [7, 11) is 0. The molecule has 0 aliphatic heterocycles. The predicted octanol–water partition coefficient (Wildman–Crippen LogP) is 4.82. The van der Waals surface area contributed by atoms with Gasteiger partial charge in [0, 0.05) is 36.3 Å². The van der Waals surface area contributed by atoms with E-state index in [0.717, 1.165) is 28.3 Å². The number of fused-ring (bicyclic) bond motifs is 2. The van der Waals surface area contributed by atoms with Gasteiger partial charge in [-0.25, -0.2) is 9.97 Å². The first-order valence-electron chi connectivity index (χ1n) is 11.2. The van der Waals surface area contributed by atoms with E-state index in [1.54, 1.807) is 13.1 Å². The second-order valence-corrected chi connectivity index (χ2v) is 7.79. The molecule has 10 nitrogen and oxygen atoms in total. The molecule has 0 unspecified atom stereocenters. The molecule has 0 radical (unpaired) electrons. The van der Waals surface area contributed by atoms with Crippen LogP contribution in [0.3, 0.4) is 0 Å². The summed E-state index contributed by atoms with van der Waals surface area (Å²) in [5.74, 6) is 2.25. The number of aromatic nitrogens is 5. The molecule has 0 aliphatic rings. The van der Waals surface area contributed by atoms with E-state index < -0.39 is 0 Å². The van der Waals surface area contributed by atoms with Crippen molar-refractivity contribution in [3.63, 3.8) is 0 Å². The summed E-state index contributed by atoms with van der Waals surface area (Å²) >= 11 is 0. The highest BCUT2D eigenvalue weighted by molar-refractivity contribution is 6.00. The van der Waals surface area contributed by atoms with Crippen molar-refractivity contribution in [3.8, 4) is 17.1 Å². The van der Waals surface area contributed by atoms with E-state index in [-0.39, 0.29) is 5.91 Å². The number of nitrogens with zero attached hydrogens (tertiary/aromatic N) is 4. The van der Waals surface area contributed by atoms with Crippen LogP contribution >= 0.6 is 0 Å². The zero-order chi connectivity index (χ0) is 24.2. The number of pyridine rings is 1. The second-order valence-electron chi connectivity index (χ2n) is 7.79. The molecule has 176 valence electrons. The average molecular weight is 470 g/mol. The lowest BCUT2D eigenvalue weighted by molar-refractivity contribution is -0.111. The lowest BCUT2D eigenvalue weighted by Gasteiger charge is -2.06. The van der Waals surface area contributed by atoms with Crippen LogP contribution in [0.5, 0.6) is 5.75 Å². The number of carbonyl (C=O) groups excluding carboxylic acids is 1. The minimum Gasteiger partial charge on any atom is -0.491 e. The van der Waals surface area contributed by atoms with Gasteiger partial charge in [-0.2, -0.15) is 4.98 Å². The van der Waals surface area contributed by atoms with Gasteiger partial charge < -0.3 is 19.6 Å². The Kier molecular flexibility index (Phi) is 6.08. The van der Waals surface area contributed by atoms with Crippen molar-refractivity contribution in [1.82, 2.24) is 25.1 Å². The number of amides is 1. The molecule has 0 saturated heterocycles. The van der Waals surface area contributed by atoms with Gasteiger partial charge in [0.2, 0.25) is 17.7 Å². The van der Waals surface area contributed by atoms with E-state index in [2.05, 4.69) is 35.7 Å². The average Bonchev–Trinajstić information content (AvgIpc) is 3.48. The zero-order valence-electron chi connectivity index (χ0n) is 19.2. The lowest BCUT2D eigenvalue weighted by Crippen LogP contribution is -2.09. The largest absolute Gasteiger partial charge is 0.491 e. The van der Waals surface area contributed by atoms with Crippen molar-refractivity contribution >= 4 is 39.5 Å². The van der Waals surface area contributed by atoms with E-state index in [1.807, 2.05) is 49.4 Å². The molecule has 3 heterocycles. The number of hydrogen-bond acceptors (Lipinski definition) is 8. The standard InChI is InChI=1S/C25H23N7O3/c1-3-13-34-20-6-4-5-19-22(20)31-25(29-19)30-21(33)10-12-27-24-18-14-17(23-28-15(2)35-32-23)8-7-16(18)9-11-26-24/h4-12,14H,3,13H2,1-2H3,(H,26,27)(H2,29,30,31,33). The van der Waals surface area contributed by atoms with Crippen molar-refractivity contribution in [2.45, 2.75) is 20.3 Å². The Morgan fingerprint density at radius 2 is 2.11 bits per heavy atom. The fraction of sp³-hybridized carbons (Fsp3) is 0.160. The molecule has 10 heteroatoms. The molecule has 5 rings (SSSR count). The summed E-state index contributed by atoms with van der Waals surface area (Å²) in [6, 6.07) is 13.3. The summed E-state index contributed by atoms with van der Waals surface area (Å²) in [4.78, 5) is 28.7. The Labute approximate surface area is 200 Å². The lowest BCUT2D eigenvalue weighted by atomic mass is 10.1. The van der Waals surface area contributed by atoms with Gasteiger partial charge in [0.05, 0.1) is 12.1 Å². The Morgan fingerprint density at radius 3 is 2.94 bits per heavy atom. The van der Waals surface area contributed by atoms with Gasteiger partial charge >= 0.3 is 0 Å². The topological polar surface area (TPSA) is 131 Å². The van der Waals surface area contributed by atoms with Gasteiger partial charge in [0.15, 0.2) is 0 Å². The number of para-hydroxylation sites is 1. The number of benzene rings is 2. The summed E-state index contributed by atoms with van der Waals surface area (Å²) in [6.07, 6.45) is 5.49. The maximum atomic E-state index is 12.5. The van der Waals surface area contributed by atoms with Crippen LogP contribution in [0.15, 0.2) is 65.5 Å². The van der Waals surface area contributed by atoms with Crippen molar-refractivity contribution in [3.05, 3.63) is 66.8 Å². The number of H-pyrrole nitrogens is 1. The molecule has 0 bridgehead atoms. The van der Waals surface area contributed by atoms with Crippen LogP contribution in [-0.2, 0) is 4.79 Å². The summed E-state index contributed by atoms with van der Waals surface area (Å²) in [5.41, 5.74) is 2.26. The summed E-state index contributed by atoms with van der Waals surface area (Å²) < 4.78 is 10.8. The third kappa shape index (κ3) is 4.81. The molecule has 3 N–H and O–H groups in total. The Hall–Kier alpha value is -4.73. The number of nitrogens with one attached hydrogen (secondary N) is 3. The number of aromatic amines is 1. The van der Waals surface area contributed by atoms with Crippen molar-refractivity contribution in [1.29, 1.82) is 0 Å². The maximum absolute atomic E-state index is 12.5.